The molecule has 0 radical (unpaired) electrons. The molecule has 2 nitrogen and oxygen atoms in total. The van der Waals surface area contributed by atoms with Crippen molar-refractivity contribution in [3.05, 3.63) is 36.0 Å². The van der Waals surface area contributed by atoms with Gasteiger partial charge in [0.25, 0.3) is 0 Å². The minimum atomic E-state index is -4.62. The highest BCUT2D eigenvalue weighted by atomic mass is 19.4. The quantitative estimate of drug-likeness (QED) is 0.753. The number of aliphatic hydroxyl groups is 1. The van der Waals surface area contributed by atoms with E-state index in [1.165, 1.54) is 18.2 Å². The lowest BCUT2D eigenvalue weighted by molar-refractivity contribution is -0.206. The Morgan fingerprint density at radius 3 is 2.60 bits per heavy atom. The van der Waals surface area contributed by atoms with Gasteiger partial charge >= 0.3 is 6.18 Å². The molecule has 2 aromatic rings. The number of rotatable bonds is 1. The van der Waals surface area contributed by atoms with Crippen LogP contribution in [0.4, 0.5) is 13.2 Å². The summed E-state index contributed by atoms with van der Waals surface area (Å²) in [5.41, 5.74) is 0.424. The number of aromatic amines is 1. The normalized spacial score (nSPS) is 14.4. The van der Waals surface area contributed by atoms with Crippen molar-refractivity contribution < 1.29 is 18.3 Å². The van der Waals surface area contributed by atoms with E-state index in [1.807, 2.05) is 0 Å². The summed E-state index contributed by atoms with van der Waals surface area (Å²) in [4.78, 5) is 2.79. The number of nitrogens with one attached hydrogen (secondary N) is 1. The third kappa shape index (κ3) is 1.83. The van der Waals surface area contributed by atoms with Gasteiger partial charge in [-0.2, -0.15) is 13.2 Å². The molecule has 2 rings (SSSR count). The first-order valence-electron chi connectivity index (χ1n) is 4.30. The highest BCUT2D eigenvalue weighted by molar-refractivity contribution is 5.79. The highest BCUT2D eigenvalue weighted by Gasteiger charge is 2.39. The van der Waals surface area contributed by atoms with Crippen LogP contribution in [-0.2, 0) is 0 Å². The number of aromatic nitrogens is 1. The maximum absolute atomic E-state index is 12.2. The first-order valence-corrected chi connectivity index (χ1v) is 4.30. The lowest BCUT2D eigenvalue weighted by Crippen LogP contribution is -2.20. The van der Waals surface area contributed by atoms with Crippen LogP contribution in [0.5, 0.6) is 0 Å². The summed E-state index contributed by atoms with van der Waals surface area (Å²) < 4.78 is 36.6. The number of halogens is 3. The van der Waals surface area contributed by atoms with Crippen LogP contribution in [0.2, 0.25) is 0 Å². The molecule has 1 heterocycles. The Bertz CT molecular complexity index is 475. The van der Waals surface area contributed by atoms with Gasteiger partial charge in [0, 0.05) is 11.7 Å². The van der Waals surface area contributed by atoms with Crippen LogP contribution < -0.4 is 0 Å². The molecule has 0 spiro atoms. The van der Waals surface area contributed by atoms with E-state index < -0.39 is 12.3 Å². The topological polar surface area (TPSA) is 36.0 Å². The summed E-state index contributed by atoms with van der Waals surface area (Å²) in [5, 5.41) is 9.83. The Hall–Kier alpha value is -1.49. The van der Waals surface area contributed by atoms with Crippen molar-refractivity contribution in [2.45, 2.75) is 12.3 Å². The molecule has 80 valence electrons. The number of benzene rings is 1. The van der Waals surface area contributed by atoms with Gasteiger partial charge in [-0.25, -0.2) is 0 Å². The molecular formula is C10H8F3NO. The SMILES string of the molecule is O[C@H](c1ccc2cc[nH]c2c1)C(F)(F)F. The molecule has 0 fully saturated rings. The van der Waals surface area contributed by atoms with Crippen molar-refractivity contribution in [3.8, 4) is 0 Å². The van der Waals surface area contributed by atoms with E-state index in [9.17, 15) is 13.2 Å². The van der Waals surface area contributed by atoms with Crippen LogP contribution >= 0.6 is 0 Å². The molecule has 15 heavy (non-hydrogen) atoms. The molecule has 1 aromatic carbocycles. The lowest BCUT2D eigenvalue weighted by Gasteiger charge is -2.14. The van der Waals surface area contributed by atoms with Crippen molar-refractivity contribution in [1.29, 1.82) is 0 Å². The molecule has 0 saturated heterocycles. The van der Waals surface area contributed by atoms with Gasteiger partial charge in [0.15, 0.2) is 6.10 Å². The van der Waals surface area contributed by atoms with E-state index in [0.717, 1.165) is 5.39 Å². The molecule has 1 atom stereocenters. The van der Waals surface area contributed by atoms with Crippen molar-refractivity contribution in [3.63, 3.8) is 0 Å². The van der Waals surface area contributed by atoms with Gasteiger partial charge in [-0.15, -0.1) is 0 Å². The minimum Gasteiger partial charge on any atom is -0.379 e. The number of fused-ring (bicyclic) bond motifs is 1. The first kappa shape index (κ1) is 10.0. The molecule has 0 aliphatic rings. The van der Waals surface area contributed by atoms with E-state index in [0.29, 0.717) is 5.52 Å². The molecule has 2 N–H and O–H groups in total. The molecular weight excluding hydrogens is 207 g/mol. The zero-order chi connectivity index (χ0) is 11.1. The van der Waals surface area contributed by atoms with Crippen LogP contribution in [0, 0.1) is 0 Å². The average molecular weight is 215 g/mol. The van der Waals surface area contributed by atoms with Crippen molar-refractivity contribution in [1.82, 2.24) is 4.98 Å². The fourth-order valence-electron chi connectivity index (χ4n) is 1.42. The van der Waals surface area contributed by atoms with Crippen molar-refractivity contribution >= 4 is 10.9 Å². The fourth-order valence-corrected chi connectivity index (χ4v) is 1.42. The van der Waals surface area contributed by atoms with Crippen LogP contribution in [0.3, 0.4) is 0 Å². The predicted octanol–water partition coefficient (Wildman–Crippen LogP) is 2.76. The van der Waals surface area contributed by atoms with Crippen LogP contribution in [0.25, 0.3) is 10.9 Å². The average Bonchev–Trinajstić information content (AvgIpc) is 2.61. The third-order valence-electron chi connectivity index (χ3n) is 2.20. The summed E-state index contributed by atoms with van der Waals surface area (Å²) >= 11 is 0. The van der Waals surface area contributed by atoms with Gasteiger partial charge in [0.05, 0.1) is 0 Å². The Labute approximate surface area is 83.3 Å². The zero-order valence-electron chi connectivity index (χ0n) is 7.55. The monoisotopic (exact) mass is 215 g/mol. The second-order valence-corrected chi connectivity index (χ2v) is 3.27. The Balaban J connectivity index is 2.44. The summed E-state index contributed by atoms with van der Waals surface area (Å²) in [6.07, 6.45) is -5.42. The largest absolute Gasteiger partial charge is 0.418 e. The van der Waals surface area contributed by atoms with E-state index in [2.05, 4.69) is 4.98 Å². The molecule has 0 bridgehead atoms. The highest BCUT2D eigenvalue weighted by Crippen LogP contribution is 2.33. The second kappa shape index (κ2) is 3.27. The Morgan fingerprint density at radius 1 is 1.20 bits per heavy atom. The standard InChI is InChI=1S/C10H8F3NO/c11-10(12,13)9(15)7-2-1-6-3-4-14-8(6)5-7/h1-5,9,14-15H/t9-/m1/s1. The van der Waals surface area contributed by atoms with Gasteiger partial charge in [-0.3, -0.25) is 0 Å². The zero-order valence-corrected chi connectivity index (χ0v) is 7.55. The molecule has 0 aliphatic carbocycles. The van der Waals surface area contributed by atoms with Crippen molar-refractivity contribution in [2.24, 2.45) is 0 Å². The summed E-state index contributed by atoms with van der Waals surface area (Å²) in [6.45, 7) is 0. The van der Waals surface area contributed by atoms with Crippen LogP contribution in [0.1, 0.15) is 11.7 Å². The fraction of sp³-hybridized carbons (Fsp3) is 0.200. The molecule has 0 saturated carbocycles. The molecule has 0 unspecified atom stereocenters. The summed E-state index contributed by atoms with van der Waals surface area (Å²) in [6, 6.07) is 5.86. The summed E-state index contributed by atoms with van der Waals surface area (Å²) in [7, 11) is 0. The second-order valence-electron chi connectivity index (χ2n) is 3.27. The number of H-pyrrole nitrogens is 1. The Kier molecular flexibility index (Phi) is 2.19. The molecule has 1 aromatic heterocycles. The number of hydrogen-bond acceptors (Lipinski definition) is 1. The molecule has 0 aliphatic heterocycles. The maximum atomic E-state index is 12.2. The van der Waals surface area contributed by atoms with Gasteiger partial charge in [-0.1, -0.05) is 12.1 Å². The van der Waals surface area contributed by atoms with E-state index >= 15 is 0 Å². The number of aliphatic hydroxyl groups excluding tert-OH is 1. The van der Waals surface area contributed by atoms with E-state index in [-0.39, 0.29) is 5.56 Å². The van der Waals surface area contributed by atoms with Gasteiger partial charge in [0.1, 0.15) is 0 Å². The predicted molar refractivity (Wildman–Crippen MR) is 49.3 cm³/mol. The lowest BCUT2D eigenvalue weighted by atomic mass is 10.1. The summed E-state index contributed by atoms with van der Waals surface area (Å²) in [5.74, 6) is 0. The van der Waals surface area contributed by atoms with Gasteiger partial charge in [-0.05, 0) is 23.1 Å². The third-order valence-corrected chi connectivity index (χ3v) is 2.20. The van der Waals surface area contributed by atoms with E-state index in [4.69, 9.17) is 5.11 Å². The van der Waals surface area contributed by atoms with Crippen molar-refractivity contribution in [2.75, 3.05) is 0 Å². The van der Waals surface area contributed by atoms with E-state index in [1.54, 1.807) is 12.3 Å². The molecule has 5 heteroatoms. The van der Waals surface area contributed by atoms with Crippen LogP contribution in [0.15, 0.2) is 30.5 Å². The maximum Gasteiger partial charge on any atom is 0.418 e. The minimum absolute atomic E-state index is 0.155. The first-order chi connectivity index (χ1) is 6.98. The number of hydrogen-bond donors (Lipinski definition) is 2. The van der Waals surface area contributed by atoms with Gasteiger partial charge < -0.3 is 10.1 Å². The smallest absolute Gasteiger partial charge is 0.379 e. The van der Waals surface area contributed by atoms with Crippen LogP contribution in [-0.4, -0.2) is 16.3 Å². The van der Waals surface area contributed by atoms with Gasteiger partial charge in [0.2, 0.25) is 0 Å². The number of alkyl halides is 3. The molecule has 0 amide bonds. The Morgan fingerprint density at radius 2 is 1.93 bits per heavy atom.